The van der Waals surface area contributed by atoms with E-state index < -0.39 is 0 Å². The zero-order valence-electron chi connectivity index (χ0n) is 11.1. The molecule has 2 heterocycles. The summed E-state index contributed by atoms with van der Waals surface area (Å²) in [6, 6.07) is 12.8. The summed E-state index contributed by atoms with van der Waals surface area (Å²) in [6.07, 6.45) is 3.11. The number of anilines is 2. The van der Waals surface area contributed by atoms with E-state index >= 15 is 0 Å². The minimum atomic E-state index is -0.263. The average molecular weight is 279 g/mol. The predicted octanol–water partition coefficient (Wildman–Crippen LogP) is 2.17. The van der Waals surface area contributed by atoms with Gasteiger partial charge in [0, 0.05) is 17.8 Å². The van der Waals surface area contributed by atoms with E-state index in [0.29, 0.717) is 17.2 Å². The molecule has 21 heavy (non-hydrogen) atoms. The molecule has 0 saturated carbocycles. The van der Waals surface area contributed by atoms with Gasteiger partial charge < -0.3 is 10.7 Å². The van der Waals surface area contributed by atoms with Crippen molar-refractivity contribution >= 4 is 28.3 Å². The highest BCUT2D eigenvalue weighted by Gasteiger charge is 2.13. The van der Waals surface area contributed by atoms with Gasteiger partial charge in [0.2, 0.25) is 0 Å². The van der Waals surface area contributed by atoms with Crippen LogP contribution in [-0.2, 0) is 0 Å². The maximum absolute atomic E-state index is 12.4. The van der Waals surface area contributed by atoms with E-state index in [2.05, 4.69) is 20.7 Å². The Hall–Kier alpha value is -2.99. The first-order valence-corrected chi connectivity index (χ1v) is 6.36. The predicted molar refractivity (Wildman–Crippen MR) is 81.7 cm³/mol. The van der Waals surface area contributed by atoms with Crippen molar-refractivity contribution in [2.75, 3.05) is 10.7 Å². The lowest BCUT2D eigenvalue weighted by Gasteiger charge is -2.10. The van der Waals surface area contributed by atoms with Gasteiger partial charge >= 0.3 is 0 Å². The minimum absolute atomic E-state index is 0.263. The van der Waals surface area contributed by atoms with E-state index in [-0.39, 0.29) is 5.91 Å². The van der Waals surface area contributed by atoms with Crippen molar-refractivity contribution in [2.45, 2.75) is 0 Å². The summed E-state index contributed by atoms with van der Waals surface area (Å²) in [7, 11) is 0. The first-order chi connectivity index (χ1) is 10.3. The zero-order valence-corrected chi connectivity index (χ0v) is 11.1. The summed E-state index contributed by atoms with van der Waals surface area (Å²) < 4.78 is 0. The Labute approximate surface area is 121 Å². The van der Waals surface area contributed by atoms with Crippen LogP contribution in [0.5, 0.6) is 0 Å². The molecule has 0 aliphatic carbocycles. The number of nitrogen functional groups attached to an aromatic ring is 1. The number of nitrogens with one attached hydrogen (secondary N) is 2. The topological polar surface area (TPSA) is 92.9 Å². The molecule has 0 spiro atoms. The number of nitrogens with two attached hydrogens (primary N) is 1. The van der Waals surface area contributed by atoms with Crippen molar-refractivity contribution in [3.05, 3.63) is 60.4 Å². The number of hydrazine groups is 1. The average Bonchev–Trinajstić information content (AvgIpc) is 2.54. The van der Waals surface area contributed by atoms with E-state index in [1.807, 2.05) is 24.3 Å². The summed E-state index contributed by atoms with van der Waals surface area (Å²) >= 11 is 0. The van der Waals surface area contributed by atoms with Crippen LogP contribution in [0.2, 0.25) is 0 Å². The monoisotopic (exact) mass is 279 g/mol. The van der Waals surface area contributed by atoms with Crippen molar-refractivity contribution in [1.29, 1.82) is 0 Å². The fourth-order valence-corrected chi connectivity index (χ4v) is 2.11. The van der Waals surface area contributed by atoms with E-state index in [9.17, 15) is 4.79 Å². The molecule has 104 valence electrons. The summed E-state index contributed by atoms with van der Waals surface area (Å²) in [5, 5.41) is 4.30. The first kappa shape index (κ1) is 13.0. The second-order valence-corrected chi connectivity index (χ2v) is 4.38. The van der Waals surface area contributed by atoms with Crippen LogP contribution < -0.4 is 16.6 Å². The van der Waals surface area contributed by atoms with E-state index in [1.54, 1.807) is 24.4 Å². The van der Waals surface area contributed by atoms with E-state index in [1.165, 1.54) is 6.20 Å². The maximum Gasteiger partial charge on any atom is 0.259 e. The fraction of sp³-hybridized carbons (Fsp3) is 0. The highest BCUT2D eigenvalue weighted by molar-refractivity contribution is 6.13. The number of amides is 1. The van der Waals surface area contributed by atoms with Crippen molar-refractivity contribution in [3.8, 4) is 0 Å². The molecule has 3 aromatic rings. The standard InChI is InChI=1S/C15H13N5O/c16-20-14-11-6-2-1-5-10(11)12(9-18-14)15(21)19-13-7-3-4-8-17-13/h1-9H,16H2,(H,18,20)(H,17,19,21). The molecule has 6 heteroatoms. The van der Waals surface area contributed by atoms with Crippen LogP contribution in [0, 0.1) is 0 Å². The number of hydrogen-bond donors (Lipinski definition) is 3. The van der Waals surface area contributed by atoms with Gasteiger partial charge in [-0.25, -0.2) is 15.8 Å². The molecule has 0 atom stereocenters. The van der Waals surface area contributed by atoms with Gasteiger partial charge in [-0.15, -0.1) is 0 Å². The number of aromatic nitrogens is 2. The number of nitrogens with zero attached hydrogens (tertiary/aromatic N) is 2. The highest BCUT2D eigenvalue weighted by Crippen LogP contribution is 2.24. The summed E-state index contributed by atoms with van der Waals surface area (Å²) in [5.74, 6) is 6.20. The molecule has 0 radical (unpaired) electrons. The maximum atomic E-state index is 12.4. The third-order valence-corrected chi connectivity index (χ3v) is 3.08. The van der Waals surface area contributed by atoms with Gasteiger partial charge in [-0.1, -0.05) is 30.3 Å². The summed E-state index contributed by atoms with van der Waals surface area (Å²) in [6.45, 7) is 0. The molecule has 0 bridgehead atoms. The SMILES string of the molecule is NNc1ncc(C(=O)Nc2ccccn2)c2ccccc12. The highest BCUT2D eigenvalue weighted by atomic mass is 16.1. The Morgan fingerprint density at radius 1 is 1.00 bits per heavy atom. The number of fused-ring (bicyclic) bond motifs is 1. The molecule has 0 saturated heterocycles. The van der Waals surface area contributed by atoms with Crippen LogP contribution in [-0.4, -0.2) is 15.9 Å². The number of rotatable bonds is 3. The first-order valence-electron chi connectivity index (χ1n) is 6.36. The van der Waals surface area contributed by atoms with E-state index in [4.69, 9.17) is 5.84 Å². The molecule has 0 fully saturated rings. The third kappa shape index (κ3) is 2.52. The van der Waals surface area contributed by atoms with Crippen molar-refractivity contribution in [3.63, 3.8) is 0 Å². The van der Waals surface area contributed by atoms with Crippen LogP contribution in [0.4, 0.5) is 11.6 Å². The Morgan fingerprint density at radius 2 is 1.76 bits per heavy atom. The molecule has 4 N–H and O–H groups in total. The lowest BCUT2D eigenvalue weighted by atomic mass is 10.1. The van der Waals surface area contributed by atoms with Gasteiger partial charge in [-0.3, -0.25) is 4.79 Å². The smallest absolute Gasteiger partial charge is 0.259 e. The minimum Gasteiger partial charge on any atom is -0.308 e. The molecular formula is C15H13N5O. The number of benzene rings is 1. The summed E-state index contributed by atoms with van der Waals surface area (Å²) in [5.41, 5.74) is 3.00. The summed E-state index contributed by atoms with van der Waals surface area (Å²) in [4.78, 5) is 20.6. The number of carbonyl (C=O) groups excluding carboxylic acids is 1. The molecule has 0 aliphatic rings. The van der Waals surface area contributed by atoms with Gasteiger partial charge in [0.25, 0.3) is 5.91 Å². The number of carbonyl (C=O) groups is 1. The normalized spacial score (nSPS) is 10.3. The molecule has 6 nitrogen and oxygen atoms in total. The molecule has 0 unspecified atom stereocenters. The quantitative estimate of drug-likeness (QED) is 0.504. The van der Waals surface area contributed by atoms with Crippen LogP contribution in [0.3, 0.4) is 0 Å². The molecule has 0 aliphatic heterocycles. The van der Waals surface area contributed by atoms with Gasteiger partial charge in [0.1, 0.15) is 11.6 Å². The van der Waals surface area contributed by atoms with Crippen LogP contribution in [0.25, 0.3) is 10.8 Å². The van der Waals surface area contributed by atoms with Crippen molar-refractivity contribution < 1.29 is 4.79 Å². The third-order valence-electron chi connectivity index (χ3n) is 3.08. The van der Waals surface area contributed by atoms with E-state index in [0.717, 1.165) is 10.8 Å². The Kier molecular flexibility index (Phi) is 3.44. The second-order valence-electron chi connectivity index (χ2n) is 4.38. The van der Waals surface area contributed by atoms with Gasteiger partial charge in [-0.05, 0) is 17.5 Å². The lowest BCUT2D eigenvalue weighted by molar-refractivity contribution is 0.102. The van der Waals surface area contributed by atoms with Gasteiger partial charge in [0.05, 0.1) is 5.56 Å². The van der Waals surface area contributed by atoms with Crippen molar-refractivity contribution in [2.24, 2.45) is 5.84 Å². The molecule has 1 aromatic carbocycles. The Bertz CT molecular complexity index is 788. The van der Waals surface area contributed by atoms with Gasteiger partial charge in [0.15, 0.2) is 0 Å². The van der Waals surface area contributed by atoms with Gasteiger partial charge in [-0.2, -0.15) is 0 Å². The lowest BCUT2D eigenvalue weighted by Crippen LogP contribution is -2.15. The Balaban J connectivity index is 2.03. The molecule has 1 amide bonds. The number of pyridine rings is 2. The molecule has 2 aromatic heterocycles. The van der Waals surface area contributed by atoms with Crippen LogP contribution >= 0.6 is 0 Å². The largest absolute Gasteiger partial charge is 0.308 e. The molecular weight excluding hydrogens is 266 g/mol. The molecule has 3 rings (SSSR count). The van der Waals surface area contributed by atoms with Crippen molar-refractivity contribution in [1.82, 2.24) is 9.97 Å². The van der Waals surface area contributed by atoms with Crippen LogP contribution in [0.1, 0.15) is 10.4 Å². The van der Waals surface area contributed by atoms with Crippen LogP contribution in [0.15, 0.2) is 54.9 Å². The Morgan fingerprint density at radius 3 is 2.48 bits per heavy atom. The zero-order chi connectivity index (χ0) is 14.7. The number of hydrogen-bond acceptors (Lipinski definition) is 5. The second kappa shape index (κ2) is 5.56. The fourth-order valence-electron chi connectivity index (χ4n) is 2.11.